The van der Waals surface area contributed by atoms with Gasteiger partial charge in [0.05, 0.1) is 10.2 Å². The third-order valence-corrected chi connectivity index (χ3v) is 6.51. The van der Waals surface area contributed by atoms with Crippen LogP contribution in [0, 0.1) is 6.92 Å². The lowest BCUT2D eigenvalue weighted by Crippen LogP contribution is -2.10. The molecular weight excluding hydrogens is 314 g/mol. The standard InChI is InChI=1S/C12H11N3O2S3/c1-7-2-5-11(18-7)20(16,17)15-12-14-9-4-3-8(13)6-10(9)19-12/h2-6H,13H2,1H3,(H,14,15). The number of fused-ring (bicyclic) bond motifs is 1. The first-order valence-electron chi connectivity index (χ1n) is 5.69. The summed E-state index contributed by atoms with van der Waals surface area (Å²) >= 11 is 2.49. The lowest BCUT2D eigenvalue weighted by Gasteiger charge is -2.01. The number of sulfonamides is 1. The van der Waals surface area contributed by atoms with Crippen LogP contribution in [0.25, 0.3) is 10.2 Å². The predicted octanol–water partition coefficient (Wildman–Crippen LogP) is 3.05. The SMILES string of the molecule is Cc1ccc(S(=O)(=O)Nc2nc3ccc(N)cc3s2)s1. The molecule has 0 bridgehead atoms. The fourth-order valence-electron chi connectivity index (χ4n) is 1.71. The van der Waals surface area contributed by atoms with Crippen LogP contribution in [0.2, 0.25) is 0 Å². The Morgan fingerprint density at radius 2 is 2.00 bits per heavy atom. The van der Waals surface area contributed by atoms with E-state index in [1.807, 2.05) is 6.92 Å². The van der Waals surface area contributed by atoms with Crippen molar-refractivity contribution in [1.29, 1.82) is 0 Å². The molecule has 8 heteroatoms. The summed E-state index contributed by atoms with van der Waals surface area (Å²) in [7, 11) is -3.57. The molecule has 0 unspecified atom stereocenters. The van der Waals surface area contributed by atoms with Gasteiger partial charge in [0.1, 0.15) is 4.21 Å². The first-order valence-corrected chi connectivity index (χ1v) is 8.81. The topological polar surface area (TPSA) is 85.1 Å². The Bertz CT molecular complexity index is 880. The van der Waals surface area contributed by atoms with Crippen LogP contribution < -0.4 is 10.5 Å². The van der Waals surface area contributed by atoms with Crippen LogP contribution in [-0.2, 0) is 10.0 Å². The predicted molar refractivity (Wildman–Crippen MR) is 83.9 cm³/mol. The van der Waals surface area contributed by atoms with Crippen molar-refractivity contribution in [1.82, 2.24) is 4.98 Å². The van der Waals surface area contributed by atoms with Crippen LogP contribution in [0.5, 0.6) is 0 Å². The van der Waals surface area contributed by atoms with Crippen LogP contribution in [0.4, 0.5) is 10.8 Å². The minimum atomic E-state index is -3.57. The first kappa shape index (κ1) is 13.3. The second kappa shape index (κ2) is 4.72. The van der Waals surface area contributed by atoms with Gasteiger partial charge in [-0.1, -0.05) is 11.3 Å². The summed E-state index contributed by atoms with van der Waals surface area (Å²) in [6.07, 6.45) is 0. The van der Waals surface area contributed by atoms with Crippen molar-refractivity contribution >= 4 is 53.7 Å². The molecule has 2 heterocycles. The molecule has 20 heavy (non-hydrogen) atoms. The third kappa shape index (κ3) is 2.49. The second-order valence-electron chi connectivity index (χ2n) is 4.22. The number of aryl methyl sites for hydroxylation is 1. The molecule has 0 aliphatic heterocycles. The fraction of sp³-hybridized carbons (Fsp3) is 0.0833. The lowest BCUT2D eigenvalue weighted by atomic mass is 10.3. The van der Waals surface area contributed by atoms with Gasteiger partial charge < -0.3 is 5.73 Å². The zero-order chi connectivity index (χ0) is 14.3. The largest absolute Gasteiger partial charge is 0.399 e. The maximum absolute atomic E-state index is 12.2. The highest BCUT2D eigenvalue weighted by Gasteiger charge is 2.18. The van der Waals surface area contributed by atoms with Crippen LogP contribution in [0.15, 0.2) is 34.5 Å². The summed E-state index contributed by atoms with van der Waals surface area (Å²) in [4.78, 5) is 5.20. The number of thiazole rings is 1. The van der Waals surface area contributed by atoms with E-state index in [1.165, 1.54) is 22.7 Å². The molecule has 1 aromatic carbocycles. The Morgan fingerprint density at radius 1 is 1.20 bits per heavy atom. The number of benzene rings is 1. The van der Waals surface area contributed by atoms with Crippen molar-refractivity contribution in [2.24, 2.45) is 0 Å². The van der Waals surface area contributed by atoms with Gasteiger partial charge in [0.25, 0.3) is 10.0 Å². The molecule has 5 nitrogen and oxygen atoms in total. The van der Waals surface area contributed by atoms with Crippen LogP contribution in [-0.4, -0.2) is 13.4 Å². The summed E-state index contributed by atoms with van der Waals surface area (Å²) in [5, 5.41) is 0.344. The second-order valence-corrected chi connectivity index (χ2v) is 8.44. The van der Waals surface area contributed by atoms with Crippen LogP contribution >= 0.6 is 22.7 Å². The average Bonchev–Trinajstić information content (AvgIpc) is 2.94. The molecule has 104 valence electrons. The van der Waals surface area contributed by atoms with Gasteiger partial charge in [-0.3, -0.25) is 4.72 Å². The summed E-state index contributed by atoms with van der Waals surface area (Å²) in [5.41, 5.74) is 7.05. The maximum atomic E-state index is 12.2. The van der Waals surface area contributed by atoms with Gasteiger partial charge in [-0.05, 0) is 37.3 Å². The highest BCUT2D eigenvalue weighted by atomic mass is 32.2. The normalized spacial score (nSPS) is 11.8. The maximum Gasteiger partial charge on any atom is 0.273 e. The van der Waals surface area contributed by atoms with Crippen molar-refractivity contribution in [2.45, 2.75) is 11.1 Å². The number of rotatable bonds is 3. The summed E-state index contributed by atoms with van der Waals surface area (Å²) < 4.78 is 28.0. The highest BCUT2D eigenvalue weighted by molar-refractivity contribution is 7.94. The summed E-state index contributed by atoms with van der Waals surface area (Å²) in [6.45, 7) is 1.87. The summed E-state index contributed by atoms with van der Waals surface area (Å²) in [5.74, 6) is 0. The minimum Gasteiger partial charge on any atom is -0.399 e. The number of nitrogens with one attached hydrogen (secondary N) is 1. The number of aromatic nitrogens is 1. The average molecular weight is 325 g/mol. The van der Waals surface area contributed by atoms with Crippen molar-refractivity contribution in [3.05, 3.63) is 35.2 Å². The molecule has 2 aromatic heterocycles. The van der Waals surface area contributed by atoms with Gasteiger partial charge in [-0.15, -0.1) is 11.3 Å². The smallest absolute Gasteiger partial charge is 0.273 e. The van der Waals surface area contributed by atoms with Gasteiger partial charge in [0.15, 0.2) is 5.13 Å². The van der Waals surface area contributed by atoms with Gasteiger partial charge in [0.2, 0.25) is 0 Å². The number of hydrogen-bond acceptors (Lipinski definition) is 6. The third-order valence-electron chi connectivity index (χ3n) is 2.61. The Morgan fingerprint density at radius 3 is 2.70 bits per heavy atom. The van der Waals surface area contributed by atoms with Crippen LogP contribution in [0.1, 0.15) is 4.88 Å². The van der Waals surface area contributed by atoms with E-state index < -0.39 is 10.0 Å². The van der Waals surface area contributed by atoms with E-state index in [0.29, 0.717) is 10.8 Å². The molecule has 0 fully saturated rings. The van der Waals surface area contributed by atoms with Crippen molar-refractivity contribution < 1.29 is 8.42 Å². The Kier molecular flexibility index (Phi) is 3.15. The van der Waals surface area contributed by atoms with Crippen molar-refractivity contribution in [2.75, 3.05) is 10.5 Å². The summed E-state index contributed by atoms with van der Waals surface area (Å²) in [6, 6.07) is 8.66. The molecule has 3 N–H and O–H groups in total. The molecule has 0 aliphatic rings. The molecule has 0 radical (unpaired) electrons. The molecule has 3 rings (SSSR count). The van der Waals surface area contributed by atoms with E-state index in [0.717, 1.165) is 15.1 Å². The van der Waals surface area contributed by atoms with Crippen LogP contribution in [0.3, 0.4) is 0 Å². The molecule has 0 amide bonds. The number of nitrogens with zero attached hydrogens (tertiary/aromatic N) is 1. The van der Waals surface area contributed by atoms with E-state index in [4.69, 9.17) is 5.73 Å². The van der Waals surface area contributed by atoms with Gasteiger partial charge in [-0.2, -0.15) is 0 Å². The molecular formula is C12H11N3O2S3. The van der Waals surface area contributed by atoms with E-state index in [-0.39, 0.29) is 4.21 Å². The number of thiophene rings is 1. The lowest BCUT2D eigenvalue weighted by molar-refractivity contribution is 0.603. The van der Waals surface area contributed by atoms with Gasteiger partial charge >= 0.3 is 0 Å². The quantitative estimate of drug-likeness (QED) is 0.725. The Labute approximate surface area is 124 Å². The molecule has 0 aliphatic carbocycles. The number of nitrogens with two attached hydrogens (primary N) is 1. The van der Waals surface area contributed by atoms with E-state index in [2.05, 4.69) is 9.71 Å². The zero-order valence-corrected chi connectivity index (χ0v) is 12.9. The number of anilines is 2. The number of hydrogen-bond donors (Lipinski definition) is 2. The Hall–Kier alpha value is -1.64. The minimum absolute atomic E-state index is 0.286. The zero-order valence-electron chi connectivity index (χ0n) is 10.5. The fourth-order valence-corrected chi connectivity index (χ4v) is 5.14. The van der Waals surface area contributed by atoms with Gasteiger partial charge in [0, 0.05) is 10.6 Å². The molecule has 0 saturated carbocycles. The Balaban J connectivity index is 1.96. The molecule has 0 spiro atoms. The molecule has 0 atom stereocenters. The van der Waals surface area contributed by atoms with E-state index >= 15 is 0 Å². The molecule has 0 saturated heterocycles. The van der Waals surface area contributed by atoms with E-state index in [1.54, 1.807) is 30.3 Å². The number of nitrogen functional groups attached to an aromatic ring is 1. The van der Waals surface area contributed by atoms with Crippen molar-refractivity contribution in [3.8, 4) is 0 Å². The van der Waals surface area contributed by atoms with Crippen molar-refractivity contribution in [3.63, 3.8) is 0 Å². The highest BCUT2D eigenvalue weighted by Crippen LogP contribution is 2.30. The van der Waals surface area contributed by atoms with Gasteiger partial charge in [-0.25, -0.2) is 13.4 Å². The first-order chi connectivity index (χ1) is 9.44. The van der Waals surface area contributed by atoms with E-state index in [9.17, 15) is 8.42 Å². The molecule has 3 aromatic rings. The monoisotopic (exact) mass is 325 g/mol.